The number of benzene rings is 2. The van der Waals surface area contributed by atoms with Crippen molar-refractivity contribution in [1.29, 1.82) is 0 Å². The van der Waals surface area contributed by atoms with Crippen molar-refractivity contribution in [3.63, 3.8) is 0 Å². The Kier molecular flexibility index (Phi) is 10.4. The number of carbonyl (C=O) groups excluding carboxylic acids is 2. The normalized spacial score (nSPS) is 12.8. The average Bonchev–Trinajstić information content (AvgIpc) is 2.79. The highest BCUT2D eigenvalue weighted by molar-refractivity contribution is 7.89. The van der Waals surface area contributed by atoms with Gasteiger partial charge in [-0.1, -0.05) is 32.0 Å². The molecule has 0 aromatic heterocycles. The van der Waals surface area contributed by atoms with Crippen LogP contribution in [0.2, 0.25) is 0 Å². The van der Waals surface area contributed by atoms with Crippen LogP contribution in [0.15, 0.2) is 53.4 Å². The van der Waals surface area contributed by atoms with Crippen LogP contribution >= 0.6 is 0 Å². The van der Waals surface area contributed by atoms with Gasteiger partial charge in [0.2, 0.25) is 15.9 Å². The Morgan fingerprint density at radius 3 is 2.27 bits per heavy atom. The van der Waals surface area contributed by atoms with Gasteiger partial charge in [-0.25, -0.2) is 22.3 Å². The van der Waals surface area contributed by atoms with E-state index in [2.05, 4.69) is 10.0 Å². The molecule has 2 aromatic rings. The number of unbranched alkanes of at least 4 members (excludes halogenated alkanes) is 1. The summed E-state index contributed by atoms with van der Waals surface area (Å²) in [5.41, 5.74) is 4.45. The number of sulfonamides is 1. The molecular formula is C24H30F4N4O4S. The number of halogens is 4. The highest BCUT2D eigenvalue weighted by Gasteiger charge is 2.37. The summed E-state index contributed by atoms with van der Waals surface area (Å²) >= 11 is 0. The number of nitrogens with one attached hydrogen (secondary N) is 2. The maximum Gasteiger partial charge on any atom is 0.417 e. The van der Waals surface area contributed by atoms with Gasteiger partial charge in [0, 0.05) is 18.8 Å². The van der Waals surface area contributed by atoms with Crippen LogP contribution in [0.1, 0.15) is 38.7 Å². The fourth-order valence-electron chi connectivity index (χ4n) is 3.61. The van der Waals surface area contributed by atoms with Crippen molar-refractivity contribution in [1.82, 2.24) is 9.62 Å². The van der Waals surface area contributed by atoms with Gasteiger partial charge in [0.15, 0.2) is 0 Å². The van der Waals surface area contributed by atoms with Gasteiger partial charge in [0.05, 0.1) is 10.5 Å². The number of hydrogen-bond acceptors (Lipinski definition) is 4. The number of hydrogen-bond donors (Lipinski definition) is 3. The van der Waals surface area contributed by atoms with Crippen LogP contribution in [0.25, 0.3) is 0 Å². The molecule has 204 valence electrons. The van der Waals surface area contributed by atoms with Crippen molar-refractivity contribution in [2.45, 2.75) is 50.2 Å². The Labute approximate surface area is 213 Å². The highest BCUT2D eigenvalue weighted by atomic mass is 32.2. The third kappa shape index (κ3) is 9.01. The number of rotatable bonds is 12. The second kappa shape index (κ2) is 12.9. The number of primary amides is 1. The van der Waals surface area contributed by atoms with E-state index >= 15 is 0 Å². The third-order valence-electron chi connectivity index (χ3n) is 5.34. The molecule has 0 spiro atoms. The lowest BCUT2D eigenvalue weighted by molar-refractivity contribution is -0.140. The molecule has 0 bridgehead atoms. The second-order valence-electron chi connectivity index (χ2n) is 8.78. The largest absolute Gasteiger partial charge is 0.417 e. The van der Waals surface area contributed by atoms with Gasteiger partial charge in [-0.3, -0.25) is 4.79 Å². The van der Waals surface area contributed by atoms with Crippen molar-refractivity contribution in [3.05, 3.63) is 59.9 Å². The number of nitrogens with two attached hydrogens (primary N) is 1. The van der Waals surface area contributed by atoms with Crippen molar-refractivity contribution in [2.24, 2.45) is 11.7 Å². The third-order valence-corrected chi connectivity index (χ3v) is 6.86. The Hall–Kier alpha value is -3.19. The maximum absolute atomic E-state index is 13.3. The second-order valence-corrected chi connectivity index (χ2v) is 10.5. The number of nitrogens with zero attached hydrogens (tertiary/aromatic N) is 1. The molecule has 0 aliphatic rings. The first kappa shape index (κ1) is 30.0. The van der Waals surface area contributed by atoms with E-state index in [1.807, 2.05) is 13.8 Å². The molecule has 0 saturated heterocycles. The summed E-state index contributed by atoms with van der Waals surface area (Å²) in [7, 11) is -4.60. The zero-order valence-electron chi connectivity index (χ0n) is 20.4. The molecule has 0 heterocycles. The van der Waals surface area contributed by atoms with Crippen LogP contribution in [-0.4, -0.2) is 44.4 Å². The van der Waals surface area contributed by atoms with Gasteiger partial charge in [0.1, 0.15) is 11.9 Å². The Balaban J connectivity index is 2.08. The lowest BCUT2D eigenvalue weighted by atomic mass is 10.0. The van der Waals surface area contributed by atoms with Gasteiger partial charge in [-0.05, 0) is 55.5 Å². The molecule has 2 rings (SSSR count). The van der Waals surface area contributed by atoms with E-state index in [0.29, 0.717) is 24.2 Å². The highest BCUT2D eigenvalue weighted by Crippen LogP contribution is 2.34. The van der Waals surface area contributed by atoms with E-state index in [9.17, 15) is 35.6 Å². The first-order valence-electron chi connectivity index (χ1n) is 11.5. The standard InChI is InChI=1S/C24H30F4N4O4S/c1-16(2)14-20(22(29)33)32(23(34)31-18-8-4-3-5-9-18)13-7-6-12-30-37(35,36)21-11-10-17(25)15-19(21)24(26,27)28/h3-5,8-11,15-16,20,30H,6-7,12-14H2,1-2H3,(H2,29,33)(H,31,34)/t20-/m0/s1. The summed E-state index contributed by atoms with van der Waals surface area (Å²) in [6, 6.07) is 8.35. The molecule has 0 aliphatic carbocycles. The number of para-hydroxylation sites is 1. The van der Waals surface area contributed by atoms with Gasteiger partial charge >= 0.3 is 12.2 Å². The minimum absolute atomic E-state index is 0.0328. The van der Waals surface area contributed by atoms with Crippen molar-refractivity contribution in [2.75, 3.05) is 18.4 Å². The summed E-state index contributed by atoms with van der Waals surface area (Å²) in [5.74, 6) is -1.88. The molecule has 13 heteroatoms. The van der Waals surface area contributed by atoms with Crippen LogP contribution in [0.3, 0.4) is 0 Å². The average molecular weight is 547 g/mol. The molecule has 37 heavy (non-hydrogen) atoms. The SMILES string of the molecule is CC(C)C[C@@H](C(N)=O)N(CCCCNS(=O)(=O)c1ccc(F)cc1C(F)(F)F)C(=O)Nc1ccccc1. The quantitative estimate of drug-likeness (QED) is 0.271. The van der Waals surface area contributed by atoms with E-state index < -0.39 is 50.5 Å². The molecule has 3 amide bonds. The molecule has 0 saturated carbocycles. The number of anilines is 1. The zero-order valence-corrected chi connectivity index (χ0v) is 21.2. The molecule has 0 aliphatic heterocycles. The van der Waals surface area contributed by atoms with Gasteiger partial charge in [0.25, 0.3) is 0 Å². The minimum Gasteiger partial charge on any atom is -0.368 e. The van der Waals surface area contributed by atoms with E-state index in [4.69, 9.17) is 5.73 Å². The molecule has 4 N–H and O–H groups in total. The fourth-order valence-corrected chi connectivity index (χ4v) is 4.89. The molecule has 2 aromatic carbocycles. The van der Waals surface area contributed by atoms with E-state index in [1.54, 1.807) is 30.3 Å². The summed E-state index contributed by atoms with van der Waals surface area (Å²) in [6.45, 7) is 3.51. The number of carbonyl (C=O) groups is 2. The maximum atomic E-state index is 13.3. The summed E-state index contributed by atoms with van der Waals surface area (Å²) in [5, 5.41) is 2.69. The lowest BCUT2D eigenvalue weighted by Crippen LogP contribution is -2.50. The molecular weight excluding hydrogens is 516 g/mol. The van der Waals surface area contributed by atoms with E-state index in [-0.39, 0.29) is 37.9 Å². The molecule has 8 nitrogen and oxygen atoms in total. The Bertz CT molecular complexity index is 1180. The Morgan fingerprint density at radius 2 is 1.70 bits per heavy atom. The van der Waals surface area contributed by atoms with Crippen LogP contribution in [0, 0.1) is 11.7 Å². The predicted octanol–water partition coefficient (Wildman–Crippen LogP) is 4.34. The summed E-state index contributed by atoms with van der Waals surface area (Å²) in [6.07, 6.45) is -4.43. The van der Waals surface area contributed by atoms with Gasteiger partial charge in [-0.2, -0.15) is 13.2 Å². The molecule has 1 atom stereocenters. The van der Waals surface area contributed by atoms with Crippen molar-refractivity contribution in [3.8, 4) is 0 Å². The van der Waals surface area contributed by atoms with Crippen LogP contribution in [0.4, 0.5) is 28.0 Å². The Morgan fingerprint density at radius 1 is 1.05 bits per heavy atom. The van der Waals surface area contributed by atoms with Crippen LogP contribution in [-0.2, 0) is 21.0 Å². The topological polar surface area (TPSA) is 122 Å². The molecule has 0 fully saturated rings. The molecule has 0 unspecified atom stereocenters. The fraction of sp³-hybridized carbons (Fsp3) is 0.417. The molecule has 0 radical (unpaired) electrons. The van der Waals surface area contributed by atoms with Gasteiger partial charge < -0.3 is 16.0 Å². The minimum atomic E-state index is -5.07. The first-order chi connectivity index (χ1) is 17.2. The monoisotopic (exact) mass is 546 g/mol. The van der Waals surface area contributed by atoms with E-state index in [1.165, 1.54) is 4.90 Å². The van der Waals surface area contributed by atoms with Gasteiger partial charge in [-0.15, -0.1) is 0 Å². The number of urea groups is 1. The summed E-state index contributed by atoms with van der Waals surface area (Å²) in [4.78, 5) is 25.3. The smallest absolute Gasteiger partial charge is 0.368 e. The number of amides is 3. The summed E-state index contributed by atoms with van der Waals surface area (Å²) < 4.78 is 80.0. The van der Waals surface area contributed by atoms with E-state index in [0.717, 1.165) is 0 Å². The first-order valence-corrected chi connectivity index (χ1v) is 13.0. The van der Waals surface area contributed by atoms with Crippen molar-refractivity contribution >= 4 is 27.6 Å². The van der Waals surface area contributed by atoms with Crippen LogP contribution < -0.4 is 15.8 Å². The van der Waals surface area contributed by atoms with Crippen molar-refractivity contribution < 1.29 is 35.6 Å². The lowest BCUT2D eigenvalue weighted by Gasteiger charge is -2.31. The predicted molar refractivity (Wildman–Crippen MR) is 130 cm³/mol. The zero-order chi connectivity index (χ0) is 27.8. The van der Waals surface area contributed by atoms with Crippen LogP contribution in [0.5, 0.6) is 0 Å². The number of alkyl halides is 3.